The highest BCUT2D eigenvalue weighted by Crippen LogP contribution is 2.26. The van der Waals surface area contributed by atoms with Crippen LogP contribution in [-0.4, -0.2) is 36.1 Å². The number of amides is 2. The van der Waals surface area contributed by atoms with E-state index >= 15 is 0 Å². The Balaban J connectivity index is 1.83. The predicted molar refractivity (Wildman–Crippen MR) is 133 cm³/mol. The van der Waals surface area contributed by atoms with Crippen molar-refractivity contribution in [3.8, 4) is 5.75 Å². The van der Waals surface area contributed by atoms with Crippen LogP contribution in [0.25, 0.3) is 6.08 Å². The van der Waals surface area contributed by atoms with Gasteiger partial charge in [0.1, 0.15) is 11.3 Å². The molecule has 1 aliphatic heterocycles. The molecule has 2 amide bonds. The smallest absolute Gasteiger partial charge is 0.344 e. The van der Waals surface area contributed by atoms with E-state index in [9.17, 15) is 14.4 Å². The van der Waals surface area contributed by atoms with Gasteiger partial charge in [-0.3, -0.25) is 19.8 Å². The lowest BCUT2D eigenvalue weighted by Crippen LogP contribution is -2.54. The van der Waals surface area contributed by atoms with Gasteiger partial charge in [0, 0.05) is 0 Å². The van der Waals surface area contributed by atoms with E-state index in [1.807, 2.05) is 19.1 Å². The highest BCUT2D eigenvalue weighted by molar-refractivity contribution is 14.1. The molecule has 2 aromatic rings. The van der Waals surface area contributed by atoms with Crippen molar-refractivity contribution in [2.24, 2.45) is 0 Å². The lowest BCUT2D eigenvalue weighted by atomic mass is 10.1. The molecule has 1 fully saturated rings. The van der Waals surface area contributed by atoms with Crippen molar-refractivity contribution in [2.75, 3.05) is 18.1 Å². The Morgan fingerprint density at radius 3 is 2.50 bits per heavy atom. The van der Waals surface area contributed by atoms with E-state index in [1.54, 1.807) is 37.3 Å². The fraction of sp³-hybridized carbons (Fsp3) is 0.217. The molecule has 0 spiro atoms. The molecule has 1 heterocycles. The van der Waals surface area contributed by atoms with Gasteiger partial charge in [0.2, 0.25) is 0 Å². The zero-order valence-electron chi connectivity index (χ0n) is 17.5. The Kier molecular flexibility index (Phi) is 7.97. The Hall–Kier alpha value is -2.79. The van der Waals surface area contributed by atoms with Gasteiger partial charge in [-0.15, -0.1) is 0 Å². The van der Waals surface area contributed by atoms with E-state index in [0.29, 0.717) is 20.6 Å². The highest BCUT2D eigenvalue weighted by atomic mass is 127. The second-order valence-corrected chi connectivity index (χ2v) is 8.31. The van der Waals surface area contributed by atoms with Crippen molar-refractivity contribution in [3.05, 3.63) is 62.7 Å². The third-order valence-electron chi connectivity index (χ3n) is 4.62. The second-order valence-electron chi connectivity index (χ2n) is 6.76. The number of benzene rings is 2. The summed E-state index contributed by atoms with van der Waals surface area (Å²) in [6.45, 7) is 3.85. The number of carbonyl (C=O) groups is 3. The molecule has 1 aliphatic rings. The Morgan fingerprint density at radius 2 is 1.88 bits per heavy atom. The number of rotatable bonds is 7. The predicted octanol–water partition coefficient (Wildman–Crippen LogP) is 3.63. The van der Waals surface area contributed by atoms with E-state index < -0.39 is 17.8 Å². The first kappa shape index (κ1) is 23.9. The number of aryl methyl sites for hydroxylation is 1. The third-order valence-corrected chi connectivity index (χ3v) is 5.75. The maximum atomic E-state index is 13.1. The average molecular weight is 564 g/mol. The maximum Gasteiger partial charge on any atom is 0.344 e. The molecule has 0 aromatic heterocycles. The van der Waals surface area contributed by atoms with Gasteiger partial charge >= 0.3 is 5.97 Å². The van der Waals surface area contributed by atoms with Crippen LogP contribution in [0.15, 0.2) is 48.0 Å². The molecule has 0 atom stereocenters. The molecule has 32 heavy (non-hydrogen) atoms. The zero-order valence-corrected chi connectivity index (χ0v) is 20.5. The van der Waals surface area contributed by atoms with Gasteiger partial charge in [-0.05, 0) is 89.6 Å². The second kappa shape index (κ2) is 10.7. The van der Waals surface area contributed by atoms with E-state index in [4.69, 9.17) is 21.7 Å². The minimum atomic E-state index is -0.556. The van der Waals surface area contributed by atoms with Gasteiger partial charge < -0.3 is 9.47 Å². The first-order valence-corrected chi connectivity index (χ1v) is 11.4. The van der Waals surface area contributed by atoms with Crippen molar-refractivity contribution >= 4 is 69.5 Å². The van der Waals surface area contributed by atoms with Crippen molar-refractivity contribution in [3.63, 3.8) is 0 Å². The summed E-state index contributed by atoms with van der Waals surface area (Å²) in [6.07, 6.45) is 2.38. The number of esters is 1. The topological polar surface area (TPSA) is 84.9 Å². The van der Waals surface area contributed by atoms with E-state index in [-0.39, 0.29) is 23.9 Å². The summed E-state index contributed by atoms with van der Waals surface area (Å²) >= 11 is 7.30. The molecule has 7 nitrogen and oxygen atoms in total. The number of nitrogens with one attached hydrogen (secondary N) is 1. The quantitative estimate of drug-likeness (QED) is 0.182. The van der Waals surface area contributed by atoms with Gasteiger partial charge in [-0.1, -0.05) is 25.1 Å². The minimum Gasteiger partial charge on any atom is -0.481 e. The summed E-state index contributed by atoms with van der Waals surface area (Å²) in [5.41, 5.74) is 2.31. The van der Waals surface area contributed by atoms with E-state index in [0.717, 1.165) is 12.0 Å². The first-order valence-electron chi connectivity index (χ1n) is 9.92. The molecule has 3 rings (SSSR count). The Morgan fingerprint density at radius 1 is 1.16 bits per heavy atom. The number of nitrogens with zero attached hydrogens (tertiary/aromatic N) is 1. The molecule has 0 bridgehead atoms. The lowest BCUT2D eigenvalue weighted by molar-refractivity contribution is -0.145. The number of ether oxygens (including phenoxy) is 2. The fourth-order valence-electron chi connectivity index (χ4n) is 3.00. The highest BCUT2D eigenvalue weighted by Gasteiger charge is 2.34. The monoisotopic (exact) mass is 564 g/mol. The van der Waals surface area contributed by atoms with E-state index in [2.05, 4.69) is 27.9 Å². The summed E-state index contributed by atoms with van der Waals surface area (Å²) in [7, 11) is 0. The molecule has 166 valence electrons. The fourth-order valence-corrected chi connectivity index (χ4v) is 3.98. The van der Waals surface area contributed by atoms with Crippen molar-refractivity contribution in [1.82, 2.24) is 5.32 Å². The summed E-state index contributed by atoms with van der Waals surface area (Å²) < 4.78 is 11.0. The molecular weight excluding hydrogens is 543 g/mol. The van der Waals surface area contributed by atoms with Gasteiger partial charge in [0.25, 0.3) is 11.8 Å². The number of hydrogen-bond acceptors (Lipinski definition) is 6. The number of halogens is 1. The SMILES string of the molecule is CCOC(=O)COc1ccc(/C=C2\C(=O)NC(=S)N(c3ccc(CC)cc3)C2=O)cc1I. The molecule has 1 saturated heterocycles. The minimum absolute atomic E-state index is 0.0332. The van der Waals surface area contributed by atoms with Crippen LogP contribution in [0.2, 0.25) is 0 Å². The zero-order chi connectivity index (χ0) is 23.3. The van der Waals surface area contributed by atoms with E-state index in [1.165, 1.54) is 11.0 Å². The molecule has 1 N–H and O–H groups in total. The third kappa shape index (κ3) is 5.52. The standard InChI is InChI=1S/C23H21IN2O5S/c1-3-14-5-8-16(9-6-14)26-22(29)17(21(28)25-23(26)32)11-15-7-10-19(18(24)12-15)31-13-20(27)30-4-2/h5-12H,3-4,13H2,1-2H3,(H,25,28,32)/b17-11+. The number of thiocarbonyl (C=S) groups is 1. The maximum absolute atomic E-state index is 13.1. The van der Waals surface area contributed by atoms with Crippen LogP contribution in [0, 0.1) is 3.57 Å². The molecular formula is C23H21IN2O5S. The van der Waals surface area contributed by atoms with Gasteiger partial charge in [0.05, 0.1) is 15.9 Å². The summed E-state index contributed by atoms with van der Waals surface area (Å²) in [5, 5.41) is 2.62. The molecule has 0 radical (unpaired) electrons. The van der Waals surface area contributed by atoms with Crippen LogP contribution in [0.5, 0.6) is 5.75 Å². The van der Waals surface area contributed by atoms with Crippen LogP contribution < -0.4 is 15.0 Å². The van der Waals surface area contributed by atoms with Crippen LogP contribution >= 0.6 is 34.8 Å². The van der Waals surface area contributed by atoms with Crippen LogP contribution in [0.4, 0.5) is 5.69 Å². The van der Waals surface area contributed by atoms with Crippen molar-refractivity contribution in [2.45, 2.75) is 20.3 Å². The lowest BCUT2D eigenvalue weighted by Gasteiger charge is -2.29. The van der Waals surface area contributed by atoms with Crippen LogP contribution in [0.1, 0.15) is 25.0 Å². The normalized spacial score (nSPS) is 15.0. The number of hydrogen-bond donors (Lipinski definition) is 1. The summed E-state index contributed by atoms with van der Waals surface area (Å²) in [5.74, 6) is -1.01. The average Bonchev–Trinajstić information content (AvgIpc) is 2.76. The van der Waals surface area contributed by atoms with Gasteiger partial charge in [-0.2, -0.15) is 0 Å². The first-order chi connectivity index (χ1) is 15.3. The number of carbonyl (C=O) groups excluding carboxylic acids is 3. The summed E-state index contributed by atoms with van der Waals surface area (Å²) in [4.78, 5) is 38.4. The molecule has 9 heteroatoms. The van der Waals surface area contributed by atoms with Crippen molar-refractivity contribution < 1.29 is 23.9 Å². The Bertz CT molecular complexity index is 1100. The van der Waals surface area contributed by atoms with Gasteiger partial charge in [-0.25, -0.2) is 4.79 Å². The molecule has 0 aliphatic carbocycles. The van der Waals surface area contributed by atoms with Crippen LogP contribution in [0.3, 0.4) is 0 Å². The Labute approximate surface area is 204 Å². The number of anilines is 1. The summed E-state index contributed by atoms with van der Waals surface area (Å²) in [6, 6.07) is 12.6. The largest absolute Gasteiger partial charge is 0.481 e. The molecule has 2 aromatic carbocycles. The van der Waals surface area contributed by atoms with Crippen LogP contribution in [-0.2, 0) is 25.5 Å². The molecule has 0 unspecified atom stereocenters. The van der Waals surface area contributed by atoms with Crippen molar-refractivity contribution in [1.29, 1.82) is 0 Å². The van der Waals surface area contributed by atoms with Gasteiger partial charge in [0.15, 0.2) is 11.7 Å². The molecule has 0 saturated carbocycles.